The minimum Gasteiger partial charge on any atom is -0.494 e. The zero-order chi connectivity index (χ0) is 18.5. The summed E-state index contributed by atoms with van der Waals surface area (Å²) in [7, 11) is 0. The highest BCUT2D eigenvalue weighted by molar-refractivity contribution is 5.87. The zero-order valence-corrected chi connectivity index (χ0v) is 14.9. The van der Waals surface area contributed by atoms with Crippen molar-refractivity contribution in [1.29, 1.82) is 0 Å². The molecule has 1 aliphatic heterocycles. The van der Waals surface area contributed by atoms with E-state index in [1.807, 2.05) is 17.0 Å². The maximum Gasteiger partial charge on any atom is 0.335 e. The first kappa shape index (κ1) is 18.0. The van der Waals surface area contributed by atoms with Crippen LogP contribution in [-0.2, 0) is 24.2 Å². The number of ether oxygens (including phenoxy) is 1. The summed E-state index contributed by atoms with van der Waals surface area (Å²) in [5.41, 5.74) is 3.46. The van der Waals surface area contributed by atoms with E-state index in [0.717, 1.165) is 29.7 Å². The number of carbonyl (C=O) groups excluding carboxylic acids is 1. The van der Waals surface area contributed by atoms with E-state index in [9.17, 15) is 9.59 Å². The van der Waals surface area contributed by atoms with Gasteiger partial charge < -0.3 is 14.7 Å². The number of carboxylic acid groups (broad SMARTS) is 1. The number of hydrogen-bond donors (Lipinski definition) is 1. The molecule has 5 nitrogen and oxygen atoms in total. The molecular weight excluding hydrogens is 330 g/mol. The second-order valence-corrected chi connectivity index (χ2v) is 6.52. The van der Waals surface area contributed by atoms with Crippen molar-refractivity contribution in [2.24, 2.45) is 0 Å². The molecule has 5 heteroatoms. The monoisotopic (exact) mass is 353 g/mol. The van der Waals surface area contributed by atoms with Gasteiger partial charge in [-0.2, -0.15) is 0 Å². The third-order valence-electron chi connectivity index (χ3n) is 4.57. The summed E-state index contributed by atoms with van der Waals surface area (Å²) in [6.07, 6.45) is 2.09. The Hall–Kier alpha value is -2.82. The van der Waals surface area contributed by atoms with Gasteiger partial charge in [0.25, 0.3) is 0 Å². The van der Waals surface area contributed by atoms with Crippen LogP contribution in [0, 0.1) is 0 Å². The first-order valence-corrected chi connectivity index (χ1v) is 8.91. The third-order valence-corrected chi connectivity index (χ3v) is 4.57. The molecule has 1 amide bonds. The largest absolute Gasteiger partial charge is 0.494 e. The lowest BCUT2D eigenvalue weighted by atomic mass is 9.98. The third kappa shape index (κ3) is 4.23. The SMILES string of the molecule is CCCOc1ccc2c(c1)CCN(C(=O)Cc1ccc(C(=O)O)cc1)C2. The van der Waals surface area contributed by atoms with Crippen LogP contribution < -0.4 is 4.74 Å². The predicted molar refractivity (Wildman–Crippen MR) is 98.5 cm³/mol. The lowest BCUT2D eigenvalue weighted by Crippen LogP contribution is -2.36. The van der Waals surface area contributed by atoms with Gasteiger partial charge in [-0.15, -0.1) is 0 Å². The second kappa shape index (κ2) is 8.04. The van der Waals surface area contributed by atoms with E-state index in [1.54, 1.807) is 12.1 Å². The molecule has 3 rings (SSSR count). The number of amides is 1. The Morgan fingerprint density at radius 2 is 1.88 bits per heavy atom. The molecule has 0 bridgehead atoms. The molecule has 2 aromatic rings. The van der Waals surface area contributed by atoms with E-state index in [4.69, 9.17) is 9.84 Å². The van der Waals surface area contributed by atoms with Crippen molar-refractivity contribution in [3.8, 4) is 5.75 Å². The number of benzene rings is 2. The van der Waals surface area contributed by atoms with Gasteiger partial charge in [0, 0.05) is 13.1 Å². The highest BCUT2D eigenvalue weighted by Gasteiger charge is 2.21. The Bertz CT molecular complexity index is 798. The molecule has 0 atom stereocenters. The van der Waals surface area contributed by atoms with Gasteiger partial charge in [0.2, 0.25) is 5.91 Å². The number of nitrogens with zero attached hydrogens (tertiary/aromatic N) is 1. The van der Waals surface area contributed by atoms with Crippen LogP contribution in [0.15, 0.2) is 42.5 Å². The standard InChI is InChI=1S/C21H23NO4/c1-2-11-26-19-8-7-18-14-22(10-9-17(18)13-19)20(23)12-15-3-5-16(6-4-15)21(24)25/h3-8,13H,2,9-12,14H2,1H3,(H,24,25). The fourth-order valence-corrected chi connectivity index (χ4v) is 3.10. The molecule has 0 spiro atoms. The van der Waals surface area contributed by atoms with Crippen LogP contribution in [0.4, 0.5) is 0 Å². The van der Waals surface area contributed by atoms with E-state index in [2.05, 4.69) is 13.0 Å². The number of rotatable bonds is 6. The van der Waals surface area contributed by atoms with Gasteiger partial charge in [-0.05, 0) is 53.8 Å². The Morgan fingerprint density at radius 1 is 1.12 bits per heavy atom. The summed E-state index contributed by atoms with van der Waals surface area (Å²) in [5, 5.41) is 8.94. The average molecular weight is 353 g/mol. The second-order valence-electron chi connectivity index (χ2n) is 6.52. The van der Waals surface area contributed by atoms with Crippen LogP contribution in [0.3, 0.4) is 0 Å². The van der Waals surface area contributed by atoms with Crippen molar-refractivity contribution in [2.75, 3.05) is 13.2 Å². The first-order valence-electron chi connectivity index (χ1n) is 8.91. The predicted octanol–water partition coefficient (Wildman–Crippen LogP) is 3.30. The number of fused-ring (bicyclic) bond motifs is 1. The quantitative estimate of drug-likeness (QED) is 0.865. The number of aromatic carboxylic acids is 1. The Kier molecular flexibility index (Phi) is 5.56. The van der Waals surface area contributed by atoms with Crippen LogP contribution in [0.1, 0.15) is 40.4 Å². The number of carboxylic acids is 1. The highest BCUT2D eigenvalue weighted by atomic mass is 16.5. The van der Waals surface area contributed by atoms with E-state index in [0.29, 0.717) is 19.7 Å². The Labute approximate surface area is 153 Å². The van der Waals surface area contributed by atoms with Gasteiger partial charge in [0.15, 0.2) is 0 Å². The van der Waals surface area contributed by atoms with E-state index < -0.39 is 5.97 Å². The lowest BCUT2D eigenvalue weighted by Gasteiger charge is -2.29. The summed E-state index contributed by atoms with van der Waals surface area (Å²) in [4.78, 5) is 25.3. The molecule has 0 radical (unpaired) electrons. The van der Waals surface area contributed by atoms with Gasteiger partial charge in [0.1, 0.15) is 5.75 Å². The maximum absolute atomic E-state index is 12.6. The molecule has 0 unspecified atom stereocenters. The average Bonchev–Trinajstić information content (AvgIpc) is 2.66. The minimum absolute atomic E-state index is 0.0602. The number of carbonyl (C=O) groups is 2. The van der Waals surface area contributed by atoms with Crippen molar-refractivity contribution >= 4 is 11.9 Å². The molecule has 1 aliphatic rings. The zero-order valence-electron chi connectivity index (χ0n) is 14.9. The van der Waals surface area contributed by atoms with Crippen molar-refractivity contribution in [3.05, 3.63) is 64.7 Å². The smallest absolute Gasteiger partial charge is 0.335 e. The van der Waals surface area contributed by atoms with Crippen molar-refractivity contribution in [3.63, 3.8) is 0 Å². The van der Waals surface area contributed by atoms with Crippen LogP contribution >= 0.6 is 0 Å². The summed E-state index contributed by atoms with van der Waals surface area (Å²) < 4.78 is 5.68. The fraction of sp³-hybridized carbons (Fsp3) is 0.333. The van der Waals surface area contributed by atoms with Gasteiger partial charge in [-0.1, -0.05) is 25.1 Å². The minimum atomic E-state index is -0.960. The highest BCUT2D eigenvalue weighted by Crippen LogP contribution is 2.24. The summed E-state index contributed by atoms with van der Waals surface area (Å²) in [6.45, 7) is 4.09. The molecule has 136 valence electrons. The molecular formula is C21H23NO4. The van der Waals surface area contributed by atoms with Crippen molar-refractivity contribution in [1.82, 2.24) is 4.90 Å². The van der Waals surface area contributed by atoms with Gasteiger partial charge in [-0.3, -0.25) is 4.79 Å². The maximum atomic E-state index is 12.6. The molecule has 0 fully saturated rings. The molecule has 2 aromatic carbocycles. The van der Waals surface area contributed by atoms with Crippen LogP contribution in [0.25, 0.3) is 0 Å². The topological polar surface area (TPSA) is 66.8 Å². The van der Waals surface area contributed by atoms with Crippen LogP contribution in [0.2, 0.25) is 0 Å². The van der Waals surface area contributed by atoms with Gasteiger partial charge >= 0.3 is 5.97 Å². The molecule has 0 aliphatic carbocycles. The Morgan fingerprint density at radius 3 is 2.58 bits per heavy atom. The van der Waals surface area contributed by atoms with Gasteiger partial charge in [0.05, 0.1) is 18.6 Å². The number of hydrogen-bond acceptors (Lipinski definition) is 3. The van der Waals surface area contributed by atoms with Crippen molar-refractivity contribution in [2.45, 2.75) is 32.7 Å². The van der Waals surface area contributed by atoms with E-state index in [1.165, 1.54) is 17.7 Å². The molecule has 0 aromatic heterocycles. The Balaban J connectivity index is 1.62. The molecule has 0 saturated heterocycles. The summed E-state index contributed by atoms with van der Waals surface area (Å²) >= 11 is 0. The molecule has 1 N–H and O–H groups in total. The van der Waals surface area contributed by atoms with Crippen molar-refractivity contribution < 1.29 is 19.4 Å². The molecule has 0 saturated carbocycles. The molecule has 26 heavy (non-hydrogen) atoms. The van der Waals surface area contributed by atoms with E-state index >= 15 is 0 Å². The summed E-state index contributed by atoms with van der Waals surface area (Å²) in [5.74, 6) is -0.00766. The van der Waals surface area contributed by atoms with Crippen LogP contribution in [0.5, 0.6) is 5.75 Å². The normalized spacial score (nSPS) is 13.2. The van der Waals surface area contributed by atoms with Gasteiger partial charge in [-0.25, -0.2) is 4.79 Å². The van der Waals surface area contributed by atoms with E-state index in [-0.39, 0.29) is 17.9 Å². The van der Waals surface area contributed by atoms with Crippen LogP contribution in [-0.4, -0.2) is 35.0 Å². The first-order chi connectivity index (χ1) is 12.6. The molecule has 1 heterocycles. The summed E-state index contributed by atoms with van der Waals surface area (Å²) in [6, 6.07) is 12.6. The fourth-order valence-electron chi connectivity index (χ4n) is 3.10. The lowest BCUT2D eigenvalue weighted by molar-refractivity contribution is -0.131.